The van der Waals surface area contributed by atoms with Crippen molar-refractivity contribution in [3.63, 3.8) is 0 Å². The van der Waals surface area contributed by atoms with Crippen LogP contribution in [-0.4, -0.2) is 63.2 Å². The standard InChI is InChI=1S/C21H23N3O4/c1-27-18-8-4-2-6-16(18)22-10-12-23(13-11-22)20(25)14-24-15-21(26)28-19-9-5-3-7-17(19)24/h2-9H,10-15H2,1H3. The van der Waals surface area contributed by atoms with Crippen molar-refractivity contribution in [2.24, 2.45) is 0 Å². The summed E-state index contributed by atoms with van der Waals surface area (Å²) in [6.45, 7) is 3.01. The van der Waals surface area contributed by atoms with Crippen LogP contribution in [0.5, 0.6) is 11.5 Å². The largest absolute Gasteiger partial charge is 0.495 e. The summed E-state index contributed by atoms with van der Waals surface area (Å²) in [6, 6.07) is 15.2. The van der Waals surface area contributed by atoms with Crippen LogP contribution < -0.4 is 19.3 Å². The molecule has 7 nitrogen and oxygen atoms in total. The lowest BCUT2D eigenvalue weighted by Gasteiger charge is -2.38. The highest BCUT2D eigenvalue weighted by atomic mass is 16.5. The second kappa shape index (κ2) is 7.80. The Labute approximate surface area is 164 Å². The number of rotatable bonds is 4. The van der Waals surface area contributed by atoms with Gasteiger partial charge in [0.15, 0.2) is 5.75 Å². The summed E-state index contributed by atoms with van der Waals surface area (Å²) in [6.07, 6.45) is 0. The first kappa shape index (κ1) is 18.2. The minimum atomic E-state index is -0.340. The summed E-state index contributed by atoms with van der Waals surface area (Å²) in [5.41, 5.74) is 1.83. The molecule has 1 saturated heterocycles. The molecule has 0 aliphatic carbocycles. The number of anilines is 2. The Balaban J connectivity index is 1.39. The smallest absolute Gasteiger partial charge is 0.331 e. The van der Waals surface area contributed by atoms with Crippen molar-refractivity contribution in [2.75, 3.05) is 56.2 Å². The van der Waals surface area contributed by atoms with Crippen molar-refractivity contribution in [3.05, 3.63) is 48.5 Å². The maximum atomic E-state index is 12.8. The normalized spacial score (nSPS) is 16.5. The zero-order chi connectivity index (χ0) is 19.5. The van der Waals surface area contributed by atoms with Crippen molar-refractivity contribution >= 4 is 23.3 Å². The average molecular weight is 381 g/mol. The van der Waals surface area contributed by atoms with E-state index in [1.165, 1.54) is 0 Å². The first-order valence-electron chi connectivity index (χ1n) is 9.36. The van der Waals surface area contributed by atoms with E-state index in [1.807, 2.05) is 47.4 Å². The number of esters is 1. The Bertz CT molecular complexity index is 877. The fourth-order valence-electron chi connectivity index (χ4n) is 3.69. The Morgan fingerprint density at radius 2 is 1.68 bits per heavy atom. The van der Waals surface area contributed by atoms with Gasteiger partial charge in [0, 0.05) is 26.2 Å². The lowest BCUT2D eigenvalue weighted by molar-refractivity contribution is -0.133. The van der Waals surface area contributed by atoms with Crippen molar-refractivity contribution in [1.82, 2.24) is 4.90 Å². The Hall–Kier alpha value is -3.22. The lowest BCUT2D eigenvalue weighted by Crippen LogP contribution is -2.52. The zero-order valence-corrected chi connectivity index (χ0v) is 15.8. The molecule has 7 heteroatoms. The number of hydrogen-bond donors (Lipinski definition) is 0. The second-order valence-electron chi connectivity index (χ2n) is 6.84. The number of piperazine rings is 1. The number of ether oxygens (including phenoxy) is 2. The van der Waals surface area contributed by atoms with Crippen LogP contribution in [-0.2, 0) is 9.59 Å². The minimum Gasteiger partial charge on any atom is -0.495 e. The van der Waals surface area contributed by atoms with E-state index in [0.29, 0.717) is 18.8 Å². The van der Waals surface area contributed by atoms with Crippen LogP contribution in [0, 0.1) is 0 Å². The molecule has 4 rings (SSSR count). The fraction of sp³-hybridized carbons (Fsp3) is 0.333. The predicted molar refractivity (Wildman–Crippen MR) is 106 cm³/mol. The van der Waals surface area contributed by atoms with Gasteiger partial charge < -0.3 is 24.2 Å². The number of carbonyl (C=O) groups excluding carboxylic acids is 2. The van der Waals surface area contributed by atoms with E-state index in [2.05, 4.69) is 4.90 Å². The van der Waals surface area contributed by atoms with E-state index in [4.69, 9.17) is 9.47 Å². The van der Waals surface area contributed by atoms with Crippen molar-refractivity contribution in [2.45, 2.75) is 0 Å². The summed E-state index contributed by atoms with van der Waals surface area (Å²) in [4.78, 5) is 30.6. The molecule has 2 aromatic rings. The van der Waals surface area contributed by atoms with Gasteiger partial charge in [0.25, 0.3) is 0 Å². The van der Waals surface area contributed by atoms with Gasteiger partial charge in [-0.05, 0) is 24.3 Å². The number of carbonyl (C=O) groups is 2. The first-order chi connectivity index (χ1) is 13.7. The molecule has 2 aliphatic rings. The number of amides is 1. The molecule has 1 amide bonds. The van der Waals surface area contributed by atoms with E-state index in [9.17, 15) is 9.59 Å². The van der Waals surface area contributed by atoms with E-state index in [1.54, 1.807) is 18.1 Å². The van der Waals surface area contributed by atoms with Gasteiger partial charge in [-0.3, -0.25) is 4.79 Å². The van der Waals surface area contributed by atoms with Crippen LogP contribution >= 0.6 is 0 Å². The third kappa shape index (κ3) is 3.60. The van der Waals surface area contributed by atoms with Gasteiger partial charge in [-0.15, -0.1) is 0 Å². The minimum absolute atomic E-state index is 0.0178. The molecule has 0 atom stereocenters. The molecule has 2 heterocycles. The highest BCUT2D eigenvalue weighted by Crippen LogP contribution is 2.31. The fourth-order valence-corrected chi connectivity index (χ4v) is 3.69. The molecule has 146 valence electrons. The Kier molecular flexibility index (Phi) is 5.06. The first-order valence-corrected chi connectivity index (χ1v) is 9.36. The summed E-state index contributed by atoms with van der Waals surface area (Å²) in [7, 11) is 1.67. The molecule has 2 aliphatic heterocycles. The van der Waals surface area contributed by atoms with Gasteiger partial charge in [-0.1, -0.05) is 24.3 Å². The number of para-hydroxylation sites is 4. The monoisotopic (exact) mass is 381 g/mol. The molecule has 0 unspecified atom stereocenters. The average Bonchev–Trinajstić information content (AvgIpc) is 2.73. The molecule has 0 aromatic heterocycles. The maximum absolute atomic E-state index is 12.8. The number of benzene rings is 2. The SMILES string of the molecule is COc1ccccc1N1CCN(C(=O)CN2CC(=O)Oc3ccccc32)CC1. The van der Waals surface area contributed by atoms with Crippen LogP contribution in [0.3, 0.4) is 0 Å². The van der Waals surface area contributed by atoms with Gasteiger partial charge in [0.1, 0.15) is 12.3 Å². The van der Waals surface area contributed by atoms with Crippen LogP contribution in [0.4, 0.5) is 11.4 Å². The molecule has 0 bridgehead atoms. The summed E-state index contributed by atoms with van der Waals surface area (Å²) < 4.78 is 10.7. The van der Waals surface area contributed by atoms with E-state index in [0.717, 1.165) is 30.2 Å². The summed E-state index contributed by atoms with van der Waals surface area (Å²) >= 11 is 0. The van der Waals surface area contributed by atoms with Crippen LogP contribution in [0.15, 0.2) is 48.5 Å². The number of nitrogens with zero attached hydrogens (tertiary/aromatic N) is 3. The Morgan fingerprint density at radius 1 is 1.00 bits per heavy atom. The quantitative estimate of drug-likeness (QED) is 0.594. The van der Waals surface area contributed by atoms with Gasteiger partial charge in [-0.25, -0.2) is 4.79 Å². The molecule has 28 heavy (non-hydrogen) atoms. The predicted octanol–water partition coefficient (Wildman–Crippen LogP) is 1.77. The molecule has 0 N–H and O–H groups in total. The zero-order valence-electron chi connectivity index (χ0n) is 15.8. The van der Waals surface area contributed by atoms with Crippen molar-refractivity contribution in [3.8, 4) is 11.5 Å². The van der Waals surface area contributed by atoms with Crippen molar-refractivity contribution < 1.29 is 19.1 Å². The molecule has 1 fully saturated rings. The number of methoxy groups -OCH3 is 1. The summed E-state index contributed by atoms with van der Waals surface area (Å²) in [5.74, 6) is 1.02. The number of fused-ring (bicyclic) bond motifs is 1. The van der Waals surface area contributed by atoms with Crippen LogP contribution in [0.25, 0.3) is 0 Å². The van der Waals surface area contributed by atoms with E-state index in [-0.39, 0.29) is 25.0 Å². The Morgan fingerprint density at radius 3 is 2.43 bits per heavy atom. The number of hydrogen-bond acceptors (Lipinski definition) is 6. The maximum Gasteiger partial charge on any atom is 0.331 e. The molecular formula is C21H23N3O4. The molecule has 0 saturated carbocycles. The second-order valence-corrected chi connectivity index (χ2v) is 6.84. The van der Waals surface area contributed by atoms with Gasteiger partial charge in [0.05, 0.1) is 25.0 Å². The van der Waals surface area contributed by atoms with Crippen molar-refractivity contribution in [1.29, 1.82) is 0 Å². The van der Waals surface area contributed by atoms with Gasteiger partial charge in [-0.2, -0.15) is 0 Å². The third-order valence-corrected chi connectivity index (χ3v) is 5.13. The van der Waals surface area contributed by atoms with E-state index < -0.39 is 0 Å². The summed E-state index contributed by atoms with van der Waals surface area (Å²) in [5, 5.41) is 0. The lowest BCUT2D eigenvalue weighted by atomic mass is 10.2. The molecule has 2 aromatic carbocycles. The topological polar surface area (TPSA) is 62.3 Å². The third-order valence-electron chi connectivity index (χ3n) is 5.13. The van der Waals surface area contributed by atoms with E-state index >= 15 is 0 Å². The highest BCUT2D eigenvalue weighted by Gasteiger charge is 2.28. The highest BCUT2D eigenvalue weighted by molar-refractivity contribution is 5.89. The molecule has 0 radical (unpaired) electrons. The molecular weight excluding hydrogens is 358 g/mol. The van der Waals surface area contributed by atoms with Gasteiger partial charge in [0.2, 0.25) is 5.91 Å². The molecule has 0 spiro atoms. The van der Waals surface area contributed by atoms with Gasteiger partial charge >= 0.3 is 5.97 Å². The van der Waals surface area contributed by atoms with Crippen LogP contribution in [0.2, 0.25) is 0 Å². The van der Waals surface area contributed by atoms with Crippen LogP contribution in [0.1, 0.15) is 0 Å².